The first-order chi connectivity index (χ1) is 6.67. The van der Waals surface area contributed by atoms with Crippen LogP contribution in [0.3, 0.4) is 0 Å². The molecule has 1 rings (SSSR count). The van der Waals surface area contributed by atoms with E-state index in [9.17, 15) is 0 Å². The average Bonchev–Trinajstić information content (AvgIpc) is 2.19. The normalized spacial score (nSPS) is 11.6. The first-order valence-electron chi connectivity index (χ1n) is 5.28. The first-order valence-corrected chi connectivity index (χ1v) is 6.40. The first kappa shape index (κ1) is 11.8. The van der Waals surface area contributed by atoms with Crippen molar-refractivity contribution in [3.8, 4) is 0 Å². The Bertz CT molecular complexity index is 251. The Balaban J connectivity index is 2.56. The summed E-state index contributed by atoms with van der Waals surface area (Å²) in [6.45, 7) is 4.66. The van der Waals surface area contributed by atoms with Gasteiger partial charge in [0.1, 0.15) is 0 Å². The summed E-state index contributed by atoms with van der Waals surface area (Å²) in [6, 6.07) is 10.8. The molecule has 0 heterocycles. The molecule has 1 aromatic rings. The highest BCUT2D eigenvalue weighted by Crippen LogP contribution is 2.28. The van der Waals surface area contributed by atoms with Gasteiger partial charge in [-0.3, -0.25) is 0 Å². The Kier molecular flexibility index (Phi) is 4.67. The molecule has 1 aromatic carbocycles. The number of alkyl halides is 1. The second-order valence-electron chi connectivity index (χ2n) is 4.40. The third kappa shape index (κ3) is 3.45. The Labute approximate surface area is 95.9 Å². The molecule has 0 aliphatic carbocycles. The van der Waals surface area contributed by atoms with Gasteiger partial charge in [-0.2, -0.15) is 0 Å². The standard InChI is InChI=1S/C13H19Br/c1-13(2,10-6-7-11-14)12-8-4-3-5-9-12/h3-5,8-9H,6-7,10-11H2,1-2H3. The number of benzene rings is 1. The third-order valence-corrected chi connectivity index (χ3v) is 3.30. The fourth-order valence-electron chi connectivity index (χ4n) is 1.70. The maximum atomic E-state index is 3.47. The van der Waals surface area contributed by atoms with Crippen molar-refractivity contribution in [1.82, 2.24) is 0 Å². The zero-order chi connectivity index (χ0) is 10.4. The molecule has 0 bridgehead atoms. The van der Waals surface area contributed by atoms with E-state index in [0.717, 1.165) is 5.33 Å². The second kappa shape index (κ2) is 5.55. The van der Waals surface area contributed by atoms with Gasteiger partial charge in [-0.1, -0.05) is 66.5 Å². The summed E-state index contributed by atoms with van der Waals surface area (Å²) >= 11 is 3.47. The van der Waals surface area contributed by atoms with Crippen molar-refractivity contribution in [2.24, 2.45) is 0 Å². The molecule has 0 unspecified atom stereocenters. The van der Waals surface area contributed by atoms with E-state index < -0.39 is 0 Å². The lowest BCUT2D eigenvalue weighted by molar-refractivity contribution is 0.459. The van der Waals surface area contributed by atoms with Crippen molar-refractivity contribution >= 4 is 15.9 Å². The lowest BCUT2D eigenvalue weighted by atomic mass is 9.80. The molecule has 14 heavy (non-hydrogen) atoms. The van der Waals surface area contributed by atoms with E-state index in [0.29, 0.717) is 5.41 Å². The Hall–Kier alpha value is -0.300. The van der Waals surface area contributed by atoms with Crippen LogP contribution < -0.4 is 0 Å². The number of rotatable bonds is 5. The number of hydrogen-bond donors (Lipinski definition) is 0. The topological polar surface area (TPSA) is 0 Å². The SMILES string of the molecule is CC(C)(CCCCBr)c1ccccc1. The van der Waals surface area contributed by atoms with Crippen LogP contribution in [0, 0.1) is 0 Å². The number of hydrogen-bond acceptors (Lipinski definition) is 0. The van der Waals surface area contributed by atoms with E-state index in [1.54, 1.807) is 0 Å². The van der Waals surface area contributed by atoms with Gasteiger partial charge in [-0.25, -0.2) is 0 Å². The highest BCUT2D eigenvalue weighted by molar-refractivity contribution is 9.09. The monoisotopic (exact) mass is 254 g/mol. The van der Waals surface area contributed by atoms with Gasteiger partial charge in [-0.05, 0) is 23.8 Å². The van der Waals surface area contributed by atoms with Crippen LogP contribution in [0.2, 0.25) is 0 Å². The number of halogens is 1. The molecule has 0 N–H and O–H groups in total. The molecular weight excluding hydrogens is 236 g/mol. The van der Waals surface area contributed by atoms with Crippen molar-refractivity contribution in [3.63, 3.8) is 0 Å². The largest absolute Gasteiger partial charge is 0.0928 e. The molecule has 0 fully saturated rings. The van der Waals surface area contributed by atoms with E-state index in [-0.39, 0.29) is 0 Å². The van der Waals surface area contributed by atoms with E-state index >= 15 is 0 Å². The summed E-state index contributed by atoms with van der Waals surface area (Å²) in [6.07, 6.45) is 3.84. The summed E-state index contributed by atoms with van der Waals surface area (Å²) in [5.41, 5.74) is 1.78. The maximum absolute atomic E-state index is 3.47. The highest BCUT2D eigenvalue weighted by atomic mass is 79.9. The molecule has 0 aliphatic heterocycles. The zero-order valence-corrected chi connectivity index (χ0v) is 10.7. The molecule has 0 amide bonds. The Morgan fingerprint density at radius 2 is 1.71 bits per heavy atom. The van der Waals surface area contributed by atoms with Crippen LogP contribution >= 0.6 is 15.9 Å². The predicted octanol–water partition coefficient (Wildman–Crippen LogP) is 4.53. The quantitative estimate of drug-likeness (QED) is 0.535. The van der Waals surface area contributed by atoms with Gasteiger partial charge in [-0.15, -0.1) is 0 Å². The van der Waals surface area contributed by atoms with Gasteiger partial charge in [0, 0.05) is 5.33 Å². The molecule has 0 saturated carbocycles. The fraction of sp³-hybridized carbons (Fsp3) is 0.538. The van der Waals surface area contributed by atoms with Crippen LogP contribution in [0.4, 0.5) is 0 Å². The summed E-state index contributed by atoms with van der Waals surface area (Å²) < 4.78 is 0. The maximum Gasteiger partial charge on any atom is 0.00313 e. The lowest BCUT2D eigenvalue weighted by Crippen LogP contribution is -2.16. The summed E-state index contributed by atoms with van der Waals surface area (Å²) in [5.74, 6) is 0. The third-order valence-electron chi connectivity index (χ3n) is 2.74. The van der Waals surface area contributed by atoms with E-state index in [1.165, 1.54) is 24.8 Å². The van der Waals surface area contributed by atoms with E-state index in [1.807, 2.05) is 0 Å². The van der Waals surface area contributed by atoms with Crippen LogP contribution in [0.1, 0.15) is 38.7 Å². The summed E-state index contributed by atoms with van der Waals surface area (Å²) in [5, 5.41) is 1.12. The molecule has 0 atom stereocenters. The summed E-state index contributed by atoms with van der Waals surface area (Å²) in [4.78, 5) is 0. The van der Waals surface area contributed by atoms with E-state index in [4.69, 9.17) is 0 Å². The Morgan fingerprint density at radius 1 is 1.07 bits per heavy atom. The molecule has 0 aromatic heterocycles. The van der Waals surface area contributed by atoms with Gasteiger partial charge < -0.3 is 0 Å². The minimum absolute atomic E-state index is 0.323. The molecule has 0 nitrogen and oxygen atoms in total. The average molecular weight is 255 g/mol. The van der Waals surface area contributed by atoms with Crippen LogP contribution in [0.15, 0.2) is 30.3 Å². The zero-order valence-electron chi connectivity index (χ0n) is 9.09. The molecule has 0 spiro atoms. The van der Waals surface area contributed by atoms with Crippen LogP contribution in [-0.4, -0.2) is 5.33 Å². The van der Waals surface area contributed by atoms with Gasteiger partial charge in [0.15, 0.2) is 0 Å². The van der Waals surface area contributed by atoms with Crippen molar-refractivity contribution in [2.45, 2.75) is 38.5 Å². The molecular formula is C13H19Br. The lowest BCUT2D eigenvalue weighted by Gasteiger charge is -2.25. The molecule has 0 saturated heterocycles. The summed E-state index contributed by atoms with van der Waals surface area (Å²) in [7, 11) is 0. The van der Waals surface area contributed by atoms with E-state index in [2.05, 4.69) is 60.1 Å². The minimum Gasteiger partial charge on any atom is -0.0928 e. The van der Waals surface area contributed by atoms with Gasteiger partial charge in [0.05, 0.1) is 0 Å². The molecule has 0 radical (unpaired) electrons. The Morgan fingerprint density at radius 3 is 2.29 bits per heavy atom. The fourth-order valence-corrected chi connectivity index (χ4v) is 2.09. The van der Waals surface area contributed by atoms with Crippen molar-refractivity contribution in [1.29, 1.82) is 0 Å². The predicted molar refractivity (Wildman–Crippen MR) is 67.1 cm³/mol. The minimum atomic E-state index is 0.323. The molecule has 0 aliphatic rings. The second-order valence-corrected chi connectivity index (χ2v) is 5.19. The van der Waals surface area contributed by atoms with Crippen LogP contribution in [0.5, 0.6) is 0 Å². The van der Waals surface area contributed by atoms with Crippen molar-refractivity contribution in [3.05, 3.63) is 35.9 Å². The van der Waals surface area contributed by atoms with Crippen LogP contribution in [-0.2, 0) is 5.41 Å². The molecule has 1 heteroatoms. The van der Waals surface area contributed by atoms with Crippen molar-refractivity contribution < 1.29 is 0 Å². The van der Waals surface area contributed by atoms with Gasteiger partial charge in [0.25, 0.3) is 0 Å². The highest BCUT2D eigenvalue weighted by Gasteiger charge is 2.18. The van der Waals surface area contributed by atoms with Gasteiger partial charge in [0.2, 0.25) is 0 Å². The molecule has 78 valence electrons. The van der Waals surface area contributed by atoms with Crippen LogP contribution in [0.25, 0.3) is 0 Å². The smallest absolute Gasteiger partial charge is 0.00313 e. The van der Waals surface area contributed by atoms with Gasteiger partial charge >= 0.3 is 0 Å². The number of unbranched alkanes of at least 4 members (excludes halogenated alkanes) is 1. The van der Waals surface area contributed by atoms with Crippen molar-refractivity contribution in [2.75, 3.05) is 5.33 Å².